The van der Waals surface area contributed by atoms with Gasteiger partial charge in [0.15, 0.2) is 0 Å². The number of ether oxygens (including phenoxy) is 2. The van der Waals surface area contributed by atoms with E-state index in [4.69, 9.17) is 9.47 Å². The van der Waals surface area contributed by atoms with Crippen LogP contribution in [0.1, 0.15) is 67.6 Å². The number of rotatable bonds is 2. The van der Waals surface area contributed by atoms with Crippen molar-refractivity contribution in [3.05, 3.63) is 22.8 Å². The first-order valence-electron chi connectivity index (χ1n) is 10.5. The Morgan fingerprint density at radius 2 is 1.73 bits per heavy atom. The molecule has 0 atom stereocenters. The van der Waals surface area contributed by atoms with Crippen molar-refractivity contribution in [2.75, 3.05) is 26.3 Å². The summed E-state index contributed by atoms with van der Waals surface area (Å²) in [6, 6.07) is 2.20. The number of benzene rings is 1. The molecule has 4 aliphatic rings. The molecule has 1 aromatic rings. The van der Waals surface area contributed by atoms with Crippen molar-refractivity contribution in [2.45, 2.75) is 63.7 Å². The van der Waals surface area contributed by atoms with Crippen molar-refractivity contribution < 1.29 is 14.3 Å². The SMILES string of the molecule is O=C(C1CCCCC1)N1CCC(c2c3c(cc4c2OCC4)OCC3)CC1. The van der Waals surface area contributed by atoms with Crippen molar-refractivity contribution in [2.24, 2.45) is 5.92 Å². The fourth-order valence-corrected chi connectivity index (χ4v) is 5.45. The van der Waals surface area contributed by atoms with E-state index in [-0.39, 0.29) is 0 Å². The van der Waals surface area contributed by atoms with Crippen LogP contribution < -0.4 is 9.47 Å². The molecule has 0 aromatic heterocycles. The molecule has 1 aromatic carbocycles. The third kappa shape index (κ3) is 2.78. The Kier molecular flexibility index (Phi) is 4.30. The lowest BCUT2D eigenvalue weighted by molar-refractivity contribution is -0.137. The highest BCUT2D eigenvalue weighted by Gasteiger charge is 2.34. The summed E-state index contributed by atoms with van der Waals surface area (Å²) in [6.07, 6.45) is 10.1. The maximum absolute atomic E-state index is 12.9. The van der Waals surface area contributed by atoms with Crippen LogP contribution in [0.25, 0.3) is 0 Å². The highest BCUT2D eigenvalue weighted by atomic mass is 16.5. The van der Waals surface area contributed by atoms with Gasteiger partial charge in [-0.2, -0.15) is 0 Å². The second-order valence-electron chi connectivity index (χ2n) is 8.39. The summed E-state index contributed by atoms with van der Waals surface area (Å²) >= 11 is 0. The molecule has 3 heterocycles. The van der Waals surface area contributed by atoms with E-state index >= 15 is 0 Å². The van der Waals surface area contributed by atoms with Crippen LogP contribution in [0, 0.1) is 5.92 Å². The zero-order valence-corrected chi connectivity index (χ0v) is 15.6. The lowest BCUT2D eigenvalue weighted by Gasteiger charge is -2.36. The average molecular weight is 355 g/mol. The first-order valence-corrected chi connectivity index (χ1v) is 10.5. The number of nitrogens with zero attached hydrogens (tertiary/aromatic N) is 1. The lowest BCUT2D eigenvalue weighted by atomic mass is 9.83. The largest absolute Gasteiger partial charge is 0.493 e. The highest BCUT2D eigenvalue weighted by Crippen LogP contribution is 2.46. The summed E-state index contributed by atoms with van der Waals surface area (Å²) in [7, 11) is 0. The van der Waals surface area contributed by atoms with E-state index < -0.39 is 0 Å². The molecule has 1 amide bonds. The minimum Gasteiger partial charge on any atom is -0.493 e. The molecule has 4 heteroatoms. The number of hydrogen-bond donors (Lipinski definition) is 0. The van der Waals surface area contributed by atoms with Gasteiger partial charge >= 0.3 is 0 Å². The lowest BCUT2D eigenvalue weighted by Crippen LogP contribution is -2.42. The number of likely N-dealkylation sites (tertiary alicyclic amines) is 1. The van der Waals surface area contributed by atoms with Gasteiger partial charge in [-0.05, 0) is 37.7 Å². The maximum Gasteiger partial charge on any atom is 0.225 e. The predicted octanol–water partition coefficient (Wildman–Crippen LogP) is 3.84. The number of carbonyl (C=O) groups is 1. The molecular weight excluding hydrogens is 326 g/mol. The molecule has 0 unspecified atom stereocenters. The molecule has 0 bridgehead atoms. The molecule has 26 heavy (non-hydrogen) atoms. The number of hydrogen-bond acceptors (Lipinski definition) is 3. The molecule has 2 fully saturated rings. The third-order valence-electron chi connectivity index (χ3n) is 6.86. The topological polar surface area (TPSA) is 38.8 Å². The van der Waals surface area contributed by atoms with Crippen LogP contribution in [-0.4, -0.2) is 37.1 Å². The van der Waals surface area contributed by atoms with Crippen LogP contribution in [0.15, 0.2) is 6.07 Å². The molecule has 1 saturated carbocycles. The molecule has 4 nitrogen and oxygen atoms in total. The quantitative estimate of drug-likeness (QED) is 0.809. The van der Waals surface area contributed by atoms with Crippen LogP contribution in [0.5, 0.6) is 11.5 Å². The van der Waals surface area contributed by atoms with Crippen molar-refractivity contribution >= 4 is 5.91 Å². The van der Waals surface area contributed by atoms with Gasteiger partial charge in [0.05, 0.1) is 13.2 Å². The van der Waals surface area contributed by atoms with E-state index in [0.717, 1.165) is 76.3 Å². The zero-order valence-electron chi connectivity index (χ0n) is 15.6. The van der Waals surface area contributed by atoms with Crippen LogP contribution in [-0.2, 0) is 17.6 Å². The Morgan fingerprint density at radius 1 is 0.962 bits per heavy atom. The summed E-state index contributed by atoms with van der Waals surface area (Å²) in [5.41, 5.74) is 4.11. The molecule has 1 aliphatic carbocycles. The fourth-order valence-electron chi connectivity index (χ4n) is 5.45. The Balaban J connectivity index is 1.33. The molecule has 140 valence electrons. The second-order valence-corrected chi connectivity index (χ2v) is 8.39. The monoisotopic (exact) mass is 355 g/mol. The number of carbonyl (C=O) groups excluding carboxylic acids is 1. The smallest absolute Gasteiger partial charge is 0.225 e. The Labute approximate surface area is 155 Å². The minimum absolute atomic E-state index is 0.294. The Bertz CT molecular complexity index is 668. The molecule has 0 N–H and O–H groups in total. The van der Waals surface area contributed by atoms with Gasteiger partial charge in [-0.1, -0.05) is 19.3 Å². The zero-order chi connectivity index (χ0) is 17.5. The minimum atomic E-state index is 0.294. The molecule has 3 aliphatic heterocycles. The third-order valence-corrected chi connectivity index (χ3v) is 6.86. The van der Waals surface area contributed by atoms with Crippen molar-refractivity contribution in [1.82, 2.24) is 4.90 Å². The van der Waals surface area contributed by atoms with E-state index in [9.17, 15) is 4.79 Å². The van der Waals surface area contributed by atoms with Crippen LogP contribution >= 0.6 is 0 Å². The molecule has 0 spiro atoms. The Morgan fingerprint density at radius 3 is 2.54 bits per heavy atom. The van der Waals surface area contributed by atoms with Crippen molar-refractivity contribution in [1.29, 1.82) is 0 Å². The first kappa shape index (κ1) is 16.5. The van der Waals surface area contributed by atoms with Crippen LogP contribution in [0.4, 0.5) is 0 Å². The van der Waals surface area contributed by atoms with E-state index in [1.54, 1.807) is 0 Å². The highest BCUT2D eigenvalue weighted by molar-refractivity contribution is 5.79. The van der Waals surface area contributed by atoms with Crippen LogP contribution in [0.3, 0.4) is 0 Å². The van der Waals surface area contributed by atoms with Gasteiger partial charge in [0.2, 0.25) is 5.91 Å². The van der Waals surface area contributed by atoms with Crippen molar-refractivity contribution in [3.8, 4) is 11.5 Å². The maximum atomic E-state index is 12.9. The first-order chi connectivity index (χ1) is 12.8. The molecule has 1 saturated heterocycles. The van der Waals surface area contributed by atoms with E-state index in [2.05, 4.69) is 11.0 Å². The Hall–Kier alpha value is -1.71. The van der Waals surface area contributed by atoms with E-state index in [1.165, 1.54) is 36.0 Å². The summed E-state index contributed by atoms with van der Waals surface area (Å²) in [6.45, 7) is 3.40. The summed E-state index contributed by atoms with van der Waals surface area (Å²) < 4.78 is 11.9. The summed E-state index contributed by atoms with van der Waals surface area (Å²) in [4.78, 5) is 15.0. The molecule has 5 rings (SSSR count). The number of fused-ring (bicyclic) bond motifs is 2. The van der Waals surface area contributed by atoms with Gasteiger partial charge in [0.25, 0.3) is 0 Å². The van der Waals surface area contributed by atoms with Gasteiger partial charge in [-0.3, -0.25) is 4.79 Å². The normalized spacial score (nSPS) is 23.3. The van der Waals surface area contributed by atoms with Gasteiger partial charge in [-0.25, -0.2) is 0 Å². The fraction of sp³-hybridized carbons (Fsp3) is 0.682. The number of piperidine rings is 1. The van der Waals surface area contributed by atoms with Gasteiger partial charge in [-0.15, -0.1) is 0 Å². The van der Waals surface area contributed by atoms with Gasteiger partial charge in [0.1, 0.15) is 11.5 Å². The summed E-state index contributed by atoms with van der Waals surface area (Å²) in [5.74, 6) is 3.46. The molecule has 0 radical (unpaired) electrons. The van der Waals surface area contributed by atoms with Gasteiger partial charge < -0.3 is 14.4 Å². The standard InChI is InChI=1S/C22H29NO3/c24-22(16-4-2-1-3-5-16)23-10-6-15(7-11-23)20-18-9-13-25-19(18)14-17-8-12-26-21(17)20/h14-16H,1-13H2. The van der Waals surface area contributed by atoms with Crippen molar-refractivity contribution in [3.63, 3.8) is 0 Å². The van der Waals surface area contributed by atoms with E-state index in [1.807, 2.05) is 0 Å². The average Bonchev–Trinajstić information content (AvgIpc) is 3.35. The van der Waals surface area contributed by atoms with E-state index in [0.29, 0.717) is 17.7 Å². The molecular formula is C22H29NO3. The predicted molar refractivity (Wildman–Crippen MR) is 100.0 cm³/mol. The number of amides is 1. The summed E-state index contributed by atoms with van der Waals surface area (Å²) in [5, 5.41) is 0. The van der Waals surface area contributed by atoms with Crippen LogP contribution in [0.2, 0.25) is 0 Å². The van der Waals surface area contributed by atoms with Gasteiger partial charge in [0, 0.05) is 48.5 Å². The second kappa shape index (κ2) is 6.79.